The standard InChI is InChI=1S/C25H21FN2O4S/c1-17(29)19-9-11-21(12-10-19)27-25(30)15-28-14-24(22-7-2-3-8-23(22)28)33(31,32)16-18-5-4-6-20(26)13-18/h2-14H,15-16H2,1H3,(H,27,30). The molecule has 0 bridgehead atoms. The summed E-state index contributed by atoms with van der Waals surface area (Å²) < 4.78 is 41.4. The van der Waals surface area contributed by atoms with E-state index in [0.717, 1.165) is 0 Å². The molecule has 0 saturated carbocycles. The van der Waals surface area contributed by atoms with Gasteiger partial charge in [0.2, 0.25) is 5.91 Å². The Kier molecular flexibility index (Phi) is 6.11. The van der Waals surface area contributed by atoms with Crippen LogP contribution in [0.5, 0.6) is 0 Å². The van der Waals surface area contributed by atoms with Crippen LogP contribution in [0, 0.1) is 5.82 Å². The van der Waals surface area contributed by atoms with E-state index in [2.05, 4.69) is 5.32 Å². The van der Waals surface area contributed by atoms with Crippen LogP contribution in [0.4, 0.5) is 10.1 Å². The molecule has 8 heteroatoms. The number of sulfone groups is 1. The number of nitrogens with one attached hydrogen (secondary N) is 1. The molecule has 3 aromatic carbocycles. The van der Waals surface area contributed by atoms with Gasteiger partial charge in [0.05, 0.1) is 10.6 Å². The highest BCUT2D eigenvalue weighted by Gasteiger charge is 2.22. The summed E-state index contributed by atoms with van der Waals surface area (Å²) >= 11 is 0. The van der Waals surface area contributed by atoms with Gasteiger partial charge in [0, 0.05) is 28.4 Å². The maximum Gasteiger partial charge on any atom is 0.244 e. The minimum absolute atomic E-state index is 0.0707. The van der Waals surface area contributed by atoms with Gasteiger partial charge in [0.1, 0.15) is 12.4 Å². The Labute approximate surface area is 190 Å². The van der Waals surface area contributed by atoms with Crippen LogP contribution in [-0.4, -0.2) is 24.7 Å². The average Bonchev–Trinajstić information content (AvgIpc) is 3.13. The summed E-state index contributed by atoms with van der Waals surface area (Å²) in [6, 6.07) is 18.9. The van der Waals surface area contributed by atoms with Crippen molar-refractivity contribution in [1.82, 2.24) is 4.57 Å². The third-order valence-corrected chi connectivity index (χ3v) is 6.93. The van der Waals surface area contributed by atoms with E-state index in [1.807, 2.05) is 0 Å². The predicted octanol–water partition coefficient (Wildman–Crippen LogP) is 4.60. The van der Waals surface area contributed by atoms with E-state index >= 15 is 0 Å². The summed E-state index contributed by atoms with van der Waals surface area (Å²) in [5.41, 5.74) is 2.01. The molecule has 1 amide bonds. The van der Waals surface area contributed by atoms with Crippen LogP contribution in [0.25, 0.3) is 10.9 Å². The fourth-order valence-electron chi connectivity index (χ4n) is 3.66. The lowest BCUT2D eigenvalue weighted by atomic mass is 10.1. The minimum atomic E-state index is -3.79. The van der Waals surface area contributed by atoms with E-state index in [0.29, 0.717) is 27.7 Å². The largest absolute Gasteiger partial charge is 0.337 e. The topological polar surface area (TPSA) is 85.2 Å². The van der Waals surface area contributed by atoms with E-state index < -0.39 is 15.7 Å². The molecule has 6 nitrogen and oxygen atoms in total. The molecule has 1 heterocycles. The summed E-state index contributed by atoms with van der Waals surface area (Å²) in [4.78, 5) is 24.1. The second-order valence-electron chi connectivity index (χ2n) is 7.71. The lowest BCUT2D eigenvalue weighted by molar-refractivity contribution is -0.116. The van der Waals surface area contributed by atoms with Gasteiger partial charge in [0.25, 0.3) is 0 Å². The lowest BCUT2D eigenvalue weighted by Gasteiger charge is -2.08. The molecule has 0 spiro atoms. The van der Waals surface area contributed by atoms with Gasteiger partial charge in [0.15, 0.2) is 15.6 Å². The summed E-state index contributed by atoms with van der Waals surface area (Å²) in [7, 11) is -3.79. The summed E-state index contributed by atoms with van der Waals surface area (Å²) in [5.74, 6) is -1.27. The molecule has 4 aromatic rings. The molecule has 0 aliphatic carbocycles. The van der Waals surface area contributed by atoms with Crippen molar-refractivity contribution in [3.8, 4) is 0 Å². The van der Waals surface area contributed by atoms with Crippen LogP contribution >= 0.6 is 0 Å². The number of fused-ring (bicyclic) bond motifs is 1. The monoisotopic (exact) mass is 464 g/mol. The SMILES string of the molecule is CC(=O)c1ccc(NC(=O)Cn2cc(S(=O)(=O)Cc3cccc(F)c3)c3ccccc32)cc1. The number of carbonyl (C=O) groups is 2. The van der Waals surface area contributed by atoms with Crippen LogP contribution in [0.3, 0.4) is 0 Å². The maximum atomic E-state index is 13.5. The predicted molar refractivity (Wildman–Crippen MR) is 124 cm³/mol. The highest BCUT2D eigenvalue weighted by Crippen LogP contribution is 2.28. The van der Waals surface area contributed by atoms with Gasteiger partial charge < -0.3 is 9.88 Å². The van der Waals surface area contributed by atoms with Crippen molar-refractivity contribution >= 4 is 38.1 Å². The van der Waals surface area contributed by atoms with E-state index in [-0.39, 0.29) is 28.9 Å². The number of aromatic nitrogens is 1. The zero-order chi connectivity index (χ0) is 23.6. The molecule has 1 N–H and O–H groups in total. The van der Waals surface area contributed by atoms with E-state index in [4.69, 9.17) is 0 Å². The number of ketones is 1. The zero-order valence-electron chi connectivity index (χ0n) is 17.8. The second kappa shape index (κ2) is 8.99. The first-order chi connectivity index (χ1) is 15.7. The summed E-state index contributed by atoms with van der Waals surface area (Å²) in [5, 5.41) is 3.25. The van der Waals surface area contributed by atoms with E-state index in [1.165, 1.54) is 31.3 Å². The number of Topliss-reactive ketones (excluding diaryl/α,β-unsaturated/α-hetero) is 1. The number of anilines is 1. The molecule has 0 aliphatic heterocycles. The molecule has 1 aromatic heterocycles. The number of amides is 1. The number of halogens is 1. The average molecular weight is 465 g/mol. The normalized spacial score (nSPS) is 11.5. The number of nitrogens with zero attached hydrogens (tertiary/aromatic N) is 1. The molecular formula is C25H21FN2O4S. The third kappa shape index (κ3) is 5.01. The first kappa shape index (κ1) is 22.4. The molecule has 0 aliphatic rings. The van der Waals surface area contributed by atoms with Gasteiger partial charge in [-0.15, -0.1) is 0 Å². The highest BCUT2D eigenvalue weighted by molar-refractivity contribution is 7.90. The van der Waals surface area contributed by atoms with Gasteiger partial charge in [-0.1, -0.05) is 30.3 Å². The Morgan fingerprint density at radius 3 is 2.39 bits per heavy atom. The zero-order valence-corrected chi connectivity index (χ0v) is 18.6. The summed E-state index contributed by atoms with van der Waals surface area (Å²) in [6.07, 6.45) is 1.44. The van der Waals surface area contributed by atoms with Crippen LogP contribution in [0.2, 0.25) is 0 Å². The smallest absolute Gasteiger partial charge is 0.244 e. The van der Waals surface area contributed by atoms with Crippen molar-refractivity contribution in [2.24, 2.45) is 0 Å². The number of rotatable bonds is 7. The molecule has 0 atom stereocenters. The quantitative estimate of drug-likeness (QED) is 0.405. The maximum absolute atomic E-state index is 13.5. The first-order valence-electron chi connectivity index (χ1n) is 10.2. The van der Waals surface area contributed by atoms with E-state index in [9.17, 15) is 22.4 Å². The fourth-order valence-corrected chi connectivity index (χ4v) is 5.23. The minimum Gasteiger partial charge on any atom is -0.337 e. The molecule has 0 fully saturated rings. The van der Waals surface area contributed by atoms with Gasteiger partial charge in [-0.3, -0.25) is 9.59 Å². The Hall–Kier alpha value is -3.78. The Morgan fingerprint density at radius 2 is 1.70 bits per heavy atom. The molecule has 4 rings (SSSR count). The van der Waals surface area contributed by atoms with Gasteiger partial charge in [-0.25, -0.2) is 12.8 Å². The number of para-hydroxylation sites is 1. The molecular weight excluding hydrogens is 443 g/mol. The van der Waals surface area contributed by atoms with Gasteiger partial charge in [-0.05, 0) is 55.0 Å². The Bertz CT molecular complexity index is 1460. The molecule has 168 valence electrons. The second-order valence-corrected chi connectivity index (χ2v) is 9.67. The number of carbonyl (C=O) groups excluding carboxylic acids is 2. The van der Waals surface area contributed by atoms with Crippen LogP contribution in [0.15, 0.2) is 83.9 Å². The van der Waals surface area contributed by atoms with Gasteiger partial charge >= 0.3 is 0 Å². The number of benzene rings is 3. The van der Waals surface area contributed by atoms with Crippen LogP contribution in [0.1, 0.15) is 22.8 Å². The van der Waals surface area contributed by atoms with Crippen molar-refractivity contribution in [3.05, 3.63) is 95.9 Å². The molecule has 33 heavy (non-hydrogen) atoms. The Balaban J connectivity index is 1.60. The molecule has 0 radical (unpaired) electrons. The van der Waals surface area contributed by atoms with Crippen molar-refractivity contribution < 1.29 is 22.4 Å². The molecule has 0 saturated heterocycles. The van der Waals surface area contributed by atoms with Gasteiger partial charge in [-0.2, -0.15) is 0 Å². The third-order valence-electron chi connectivity index (χ3n) is 5.22. The Morgan fingerprint density at radius 1 is 0.970 bits per heavy atom. The van der Waals surface area contributed by atoms with Crippen molar-refractivity contribution in [2.45, 2.75) is 24.1 Å². The van der Waals surface area contributed by atoms with E-state index in [1.54, 1.807) is 59.2 Å². The van der Waals surface area contributed by atoms with Crippen LogP contribution < -0.4 is 5.32 Å². The highest BCUT2D eigenvalue weighted by atomic mass is 32.2. The first-order valence-corrected chi connectivity index (χ1v) is 11.8. The van der Waals surface area contributed by atoms with Crippen molar-refractivity contribution in [2.75, 3.05) is 5.32 Å². The fraction of sp³-hybridized carbons (Fsp3) is 0.120. The molecule has 0 unspecified atom stereocenters. The lowest BCUT2D eigenvalue weighted by Crippen LogP contribution is -2.18. The van der Waals surface area contributed by atoms with Crippen molar-refractivity contribution in [3.63, 3.8) is 0 Å². The van der Waals surface area contributed by atoms with Crippen LogP contribution in [-0.2, 0) is 26.9 Å². The van der Waals surface area contributed by atoms with Crippen molar-refractivity contribution in [1.29, 1.82) is 0 Å². The number of hydrogen-bond donors (Lipinski definition) is 1. The summed E-state index contributed by atoms with van der Waals surface area (Å²) in [6.45, 7) is 1.36. The number of hydrogen-bond acceptors (Lipinski definition) is 4.